The Morgan fingerprint density at radius 2 is 0.652 bits per heavy atom. The molecule has 0 bridgehead atoms. The van der Waals surface area contributed by atoms with Crippen LogP contribution in [0.3, 0.4) is 0 Å². The zero-order chi connectivity index (χ0) is 45.7. The Labute approximate surface area is 404 Å². The molecule has 0 saturated carbocycles. The van der Waals surface area contributed by atoms with Crippen LogP contribution in [0.15, 0.2) is 279 Å². The lowest BCUT2D eigenvalue weighted by molar-refractivity contribution is 0.752. The average molecular weight is 879 g/mol. The number of para-hydroxylation sites is 4. The highest BCUT2D eigenvalue weighted by Crippen LogP contribution is 2.65. The van der Waals surface area contributed by atoms with Crippen LogP contribution in [-0.2, 0) is 5.41 Å². The van der Waals surface area contributed by atoms with Gasteiger partial charge in [0.05, 0.1) is 28.2 Å². The number of fused-ring (bicyclic) bond motifs is 9. The Morgan fingerprint density at radius 3 is 1.22 bits per heavy atom. The molecule has 11 aromatic carbocycles. The van der Waals surface area contributed by atoms with E-state index in [0.717, 1.165) is 33.9 Å². The molecule has 11 aromatic rings. The van der Waals surface area contributed by atoms with Gasteiger partial charge in [-0.1, -0.05) is 231 Å². The first kappa shape index (κ1) is 40.3. The van der Waals surface area contributed by atoms with Gasteiger partial charge in [-0.15, -0.1) is 0 Å². The Morgan fingerprint density at radius 1 is 0.261 bits per heavy atom. The van der Waals surface area contributed by atoms with Gasteiger partial charge in [-0.25, -0.2) is 0 Å². The predicted octanol–water partition coefficient (Wildman–Crippen LogP) is 18.0. The molecule has 0 saturated heterocycles. The minimum absolute atomic E-state index is 0.589. The van der Waals surface area contributed by atoms with Gasteiger partial charge < -0.3 is 9.80 Å². The summed E-state index contributed by atoms with van der Waals surface area (Å²) in [5, 5.41) is 0. The number of hydrogen-bond acceptors (Lipinski definition) is 2. The molecule has 0 amide bonds. The zero-order valence-corrected chi connectivity index (χ0v) is 38.0. The quantitative estimate of drug-likeness (QED) is 0.150. The Kier molecular flexibility index (Phi) is 9.77. The van der Waals surface area contributed by atoms with Crippen LogP contribution in [0.4, 0.5) is 34.1 Å². The highest BCUT2D eigenvalue weighted by molar-refractivity contribution is 6.02. The highest BCUT2D eigenvalue weighted by Gasteiger charge is 2.52. The maximum absolute atomic E-state index is 2.51. The summed E-state index contributed by atoms with van der Waals surface area (Å²) >= 11 is 0. The second kappa shape index (κ2) is 16.7. The molecule has 1 aliphatic heterocycles. The van der Waals surface area contributed by atoms with Gasteiger partial charge in [0.1, 0.15) is 0 Å². The van der Waals surface area contributed by atoms with Gasteiger partial charge in [0.25, 0.3) is 0 Å². The monoisotopic (exact) mass is 878 g/mol. The molecule has 0 N–H and O–H groups in total. The van der Waals surface area contributed by atoms with Gasteiger partial charge >= 0.3 is 0 Å². The normalized spacial score (nSPS) is 12.7. The lowest BCUT2D eigenvalue weighted by Gasteiger charge is -2.45. The van der Waals surface area contributed by atoms with E-state index in [1.54, 1.807) is 0 Å². The molecule has 2 aliphatic rings. The summed E-state index contributed by atoms with van der Waals surface area (Å²) in [7, 11) is 0. The van der Waals surface area contributed by atoms with E-state index in [9.17, 15) is 0 Å². The second-order valence-corrected chi connectivity index (χ2v) is 18.0. The van der Waals surface area contributed by atoms with Gasteiger partial charge in [-0.2, -0.15) is 0 Å². The van der Waals surface area contributed by atoms with Crippen molar-refractivity contribution < 1.29 is 0 Å². The third kappa shape index (κ3) is 6.56. The van der Waals surface area contributed by atoms with Crippen molar-refractivity contribution in [3.05, 3.63) is 301 Å². The summed E-state index contributed by atoms with van der Waals surface area (Å²) in [5.41, 5.74) is 23.3. The Balaban J connectivity index is 1.02. The average Bonchev–Trinajstić information content (AvgIpc) is 3.73. The molecule has 0 atom stereocenters. The first-order chi connectivity index (χ1) is 34.3. The van der Waals surface area contributed by atoms with Crippen LogP contribution in [-0.4, -0.2) is 0 Å². The van der Waals surface area contributed by atoms with E-state index in [1.807, 2.05) is 0 Å². The fraction of sp³-hybridized carbons (Fsp3) is 0.0149. The van der Waals surface area contributed by atoms with Gasteiger partial charge in [-0.05, 0) is 115 Å². The van der Waals surface area contributed by atoms with Gasteiger partial charge in [0.15, 0.2) is 0 Å². The van der Waals surface area contributed by atoms with E-state index in [-0.39, 0.29) is 0 Å². The van der Waals surface area contributed by atoms with E-state index >= 15 is 0 Å². The lowest BCUT2D eigenvalue weighted by atomic mass is 9.64. The molecular weight excluding hydrogens is 833 g/mol. The molecule has 324 valence electrons. The maximum atomic E-state index is 2.51. The first-order valence-corrected chi connectivity index (χ1v) is 23.8. The van der Waals surface area contributed by atoms with Crippen LogP contribution in [0.1, 0.15) is 22.3 Å². The van der Waals surface area contributed by atoms with Crippen LogP contribution in [0, 0.1) is 0 Å². The Hall–Kier alpha value is -8.98. The molecular formula is C67H46N2. The van der Waals surface area contributed by atoms with E-state index in [4.69, 9.17) is 0 Å². The molecule has 13 rings (SSSR count). The summed E-state index contributed by atoms with van der Waals surface area (Å²) in [6.45, 7) is 0. The number of hydrogen-bond donors (Lipinski definition) is 0. The van der Waals surface area contributed by atoms with Crippen molar-refractivity contribution in [3.63, 3.8) is 0 Å². The maximum Gasteiger partial charge on any atom is 0.0755 e. The SMILES string of the molecule is c1ccc(-c2ccc(-c3ccc(N(c4ccccc4-c4ccc(-c5ccccc5)cc4)c4cccc5c4-c4ccccc4C54c5ccccc5N(c5ccccc5)c5ccccc54)cc3)cc2)cc1. The van der Waals surface area contributed by atoms with E-state index < -0.39 is 5.41 Å². The smallest absolute Gasteiger partial charge is 0.0755 e. The van der Waals surface area contributed by atoms with Gasteiger partial charge in [0.2, 0.25) is 0 Å². The molecule has 2 nitrogen and oxygen atoms in total. The first-order valence-electron chi connectivity index (χ1n) is 23.8. The van der Waals surface area contributed by atoms with E-state index in [0.29, 0.717) is 0 Å². The van der Waals surface area contributed by atoms with Crippen molar-refractivity contribution in [2.45, 2.75) is 5.41 Å². The highest BCUT2D eigenvalue weighted by atomic mass is 15.2. The molecule has 1 spiro atoms. The summed E-state index contributed by atoms with van der Waals surface area (Å²) < 4.78 is 0. The third-order valence-electron chi connectivity index (χ3n) is 14.3. The third-order valence-corrected chi connectivity index (χ3v) is 14.3. The summed E-state index contributed by atoms with van der Waals surface area (Å²) in [4.78, 5) is 4.96. The van der Waals surface area contributed by atoms with E-state index in [1.165, 1.54) is 78.1 Å². The minimum atomic E-state index is -0.589. The second-order valence-electron chi connectivity index (χ2n) is 18.0. The number of benzene rings is 11. The molecule has 0 unspecified atom stereocenters. The van der Waals surface area contributed by atoms with Gasteiger partial charge in [0, 0.05) is 22.5 Å². The van der Waals surface area contributed by atoms with Crippen molar-refractivity contribution in [2.75, 3.05) is 9.80 Å². The number of nitrogens with zero attached hydrogens (tertiary/aromatic N) is 2. The molecule has 1 aliphatic carbocycles. The van der Waals surface area contributed by atoms with Crippen molar-refractivity contribution >= 4 is 34.1 Å². The molecule has 1 heterocycles. The summed E-state index contributed by atoms with van der Waals surface area (Å²) in [5.74, 6) is 0. The molecule has 0 aromatic heterocycles. The molecule has 2 heteroatoms. The minimum Gasteiger partial charge on any atom is -0.310 e. The van der Waals surface area contributed by atoms with Crippen molar-refractivity contribution in [1.82, 2.24) is 0 Å². The lowest BCUT2D eigenvalue weighted by Crippen LogP contribution is -2.36. The predicted molar refractivity (Wildman–Crippen MR) is 288 cm³/mol. The van der Waals surface area contributed by atoms with Crippen molar-refractivity contribution in [2.24, 2.45) is 0 Å². The summed E-state index contributed by atoms with van der Waals surface area (Å²) in [6.07, 6.45) is 0. The molecule has 0 radical (unpaired) electrons. The fourth-order valence-corrected chi connectivity index (χ4v) is 11.3. The number of rotatable bonds is 8. The topological polar surface area (TPSA) is 6.48 Å². The van der Waals surface area contributed by atoms with Crippen LogP contribution in [0.5, 0.6) is 0 Å². The van der Waals surface area contributed by atoms with Crippen LogP contribution in [0.2, 0.25) is 0 Å². The van der Waals surface area contributed by atoms with Gasteiger partial charge in [-0.3, -0.25) is 0 Å². The van der Waals surface area contributed by atoms with Crippen molar-refractivity contribution in [3.8, 4) is 55.6 Å². The summed E-state index contributed by atoms with van der Waals surface area (Å²) in [6, 6.07) is 102. The zero-order valence-electron chi connectivity index (χ0n) is 38.0. The number of anilines is 6. The largest absolute Gasteiger partial charge is 0.310 e. The van der Waals surface area contributed by atoms with Crippen LogP contribution >= 0.6 is 0 Å². The fourth-order valence-electron chi connectivity index (χ4n) is 11.3. The van der Waals surface area contributed by atoms with Crippen LogP contribution in [0.25, 0.3) is 55.6 Å². The van der Waals surface area contributed by atoms with Crippen molar-refractivity contribution in [1.29, 1.82) is 0 Å². The van der Waals surface area contributed by atoms with Crippen LogP contribution < -0.4 is 9.80 Å². The standard InChI is InChI=1S/C67H46N2/c1-4-19-47(20-5-1)49-35-37-51(38-36-49)52-43-45-55(46-44-52)68(62-31-15-11-25-56(62)53-41-39-50(40-42-53)48-21-6-2-7-22-48)65-34-18-30-61-66(65)57-26-10-12-27-58(57)67(61)59-28-13-16-32-63(59)69(54-23-8-3-9-24-54)64-33-17-14-29-60(64)67/h1-46H. The van der Waals surface area contributed by atoms with E-state index in [2.05, 4.69) is 289 Å². The molecule has 69 heavy (non-hydrogen) atoms. The molecule has 0 fully saturated rings. The Bertz CT molecular complexity index is 3590.